The van der Waals surface area contributed by atoms with Crippen LogP contribution in [-0.2, 0) is 11.3 Å². The van der Waals surface area contributed by atoms with Crippen molar-refractivity contribution in [3.63, 3.8) is 0 Å². The highest BCUT2D eigenvalue weighted by Crippen LogP contribution is 2.29. The molecule has 1 heterocycles. The number of hydrogen-bond donors (Lipinski definition) is 1. The maximum absolute atomic E-state index is 12.1. The van der Waals surface area contributed by atoms with Gasteiger partial charge in [0.05, 0.1) is 24.3 Å². The van der Waals surface area contributed by atoms with Crippen LogP contribution in [0.1, 0.15) is 44.2 Å². The van der Waals surface area contributed by atoms with Gasteiger partial charge in [-0.3, -0.25) is 14.9 Å². The number of carbonyl (C=O) groups is 2. The van der Waals surface area contributed by atoms with Crippen molar-refractivity contribution in [2.24, 2.45) is 0 Å². The molecule has 2 amide bonds. The number of hydrogen-bond acceptors (Lipinski definition) is 3. The summed E-state index contributed by atoms with van der Waals surface area (Å²) in [5.41, 5.74) is 2.84. The molecule has 0 unspecified atom stereocenters. The van der Waals surface area contributed by atoms with Crippen molar-refractivity contribution in [1.82, 2.24) is 5.32 Å². The Morgan fingerprint density at radius 2 is 1.83 bits per heavy atom. The maximum atomic E-state index is 12.1. The van der Waals surface area contributed by atoms with Crippen LogP contribution in [0.15, 0.2) is 61.2 Å². The predicted octanol–water partition coefficient (Wildman–Crippen LogP) is 3.45. The summed E-state index contributed by atoms with van der Waals surface area (Å²) in [6.07, 6.45) is 2.48. The summed E-state index contributed by atoms with van der Waals surface area (Å²) >= 11 is 0. The normalized spacial score (nSPS) is 14.2. The summed E-state index contributed by atoms with van der Waals surface area (Å²) in [4.78, 5) is 23.9. The third-order valence-corrected chi connectivity index (χ3v) is 4.12. The summed E-state index contributed by atoms with van der Waals surface area (Å²) in [5, 5.41) is 2.36. The molecule has 0 saturated heterocycles. The van der Waals surface area contributed by atoms with E-state index in [4.69, 9.17) is 4.74 Å². The number of carbonyl (C=O) groups excluding carboxylic acids is 2. The van der Waals surface area contributed by atoms with Crippen molar-refractivity contribution in [3.05, 3.63) is 83.4 Å². The highest BCUT2D eigenvalue weighted by atomic mass is 16.5. The molecule has 1 atom stereocenters. The largest absolute Gasteiger partial charge is 0.376 e. The molecular formula is C20H19NO3. The van der Waals surface area contributed by atoms with Gasteiger partial charge in [-0.1, -0.05) is 48.5 Å². The number of fused-ring (bicyclic) bond motifs is 1. The second kappa shape index (κ2) is 7.23. The number of benzene rings is 2. The van der Waals surface area contributed by atoms with E-state index < -0.39 is 0 Å². The van der Waals surface area contributed by atoms with E-state index in [1.165, 1.54) is 0 Å². The van der Waals surface area contributed by atoms with E-state index in [1.54, 1.807) is 12.1 Å². The molecule has 0 radical (unpaired) electrons. The minimum Gasteiger partial charge on any atom is -0.376 e. The number of nitrogens with one attached hydrogen (secondary N) is 1. The first-order chi connectivity index (χ1) is 11.7. The molecule has 1 aliphatic heterocycles. The van der Waals surface area contributed by atoms with Gasteiger partial charge in [0.15, 0.2) is 0 Å². The second-order valence-electron chi connectivity index (χ2n) is 5.78. The molecule has 0 saturated carbocycles. The number of allylic oxidation sites excluding steroid dienone is 1. The molecule has 1 aliphatic rings. The molecule has 3 rings (SSSR count). The fourth-order valence-electron chi connectivity index (χ4n) is 2.97. The molecule has 2 aromatic rings. The van der Waals surface area contributed by atoms with E-state index in [2.05, 4.69) is 11.9 Å². The van der Waals surface area contributed by atoms with E-state index in [-0.39, 0.29) is 17.7 Å². The first-order valence-corrected chi connectivity index (χ1v) is 7.92. The Hall–Kier alpha value is -2.72. The Bertz CT molecular complexity index is 768. The molecule has 0 bridgehead atoms. The topological polar surface area (TPSA) is 55.4 Å². The quantitative estimate of drug-likeness (QED) is 0.628. The van der Waals surface area contributed by atoms with Crippen molar-refractivity contribution >= 4 is 11.8 Å². The van der Waals surface area contributed by atoms with Gasteiger partial charge in [-0.15, -0.1) is 6.58 Å². The first-order valence-electron chi connectivity index (χ1n) is 7.92. The van der Waals surface area contributed by atoms with E-state index in [1.807, 2.05) is 42.5 Å². The zero-order valence-corrected chi connectivity index (χ0v) is 13.3. The summed E-state index contributed by atoms with van der Waals surface area (Å²) in [6, 6.07) is 15.3. The monoisotopic (exact) mass is 321 g/mol. The molecule has 2 aromatic carbocycles. The summed E-state index contributed by atoms with van der Waals surface area (Å²) in [7, 11) is 0. The highest BCUT2D eigenvalue weighted by Gasteiger charge is 2.31. The summed E-state index contributed by atoms with van der Waals surface area (Å²) in [5.74, 6) is -0.681. The van der Waals surface area contributed by atoms with Crippen molar-refractivity contribution < 1.29 is 14.3 Å². The lowest BCUT2D eigenvalue weighted by molar-refractivity contribution is 0.0878. The number of ether oxygens (including phenoxy) is 1. The van der Waals surface area contributed by atoms with Gasteiger partial charge in [-0.05, 0) is 23.6 Å². The van der Waals surface area contributed by atoms with Gasteiger partial charge in [0, 0.05) is 5.92 Å². The van der Waals surface area contributed by atoms with Gasteiger partial charge in [0.1, 0.15) is 0 Å². The lowest BCUT2D eigenvalue weighted by atomic mass is 9.90. The zero-order valence-electron chi connectivity index (χ0n) is 13.3. The fourth-order valence-corrected chi connectivity index (χ4v) is 2.97. The molecule has 4 nitrogen and oxygen atoms in total. The predicted molar refractivity (Wildman–Crippen MR) is 91.9 cm³/mol. The Morgan fingerprint density at radius 3 is 2.58 bits per heavy atom. The summed E-state index contributed by atoms with van der Waals surface area (Å²) < 4.78 is 5.85. The molecule has 0 aromatic heterocycles. The van der Waals surface area contributed by atoms with Crippen molar-refractivity contribution in [1.29, 1.82) is 0 Å². The average molecular weight is 321 g/mol. The smallest absolute Gasteiger partial charge is 0.259 e. The molecular weight excluding hydrogens is 302 g/mol. The van der Waals surface area contributed by atoms with Gasteiger partial charge < -0.3 is 4.74 Å². The SMILES string of the molecule is C=CC[C@H](COCc1ccccc1)c1cccc2c1C(=O)NC2=O. The third kappa shape index (κ3) is 3.29. The lowest BCUT2D eigenvalue weighted by Gasteiger charge is -2.18. The highest BCUT2D eigenvalue weighted by molar-refractivity contribution is 6.22. The van der Waals surface area contributed by atoms with E-state index in [0.29, 0.717) is 30.8 Å². The number of rotatable bonds is 7. The van der Waals surface area contributed by atoms with Gasteiger partial charge in [-0.25, -0.2) is 0 Å². The Kier molecular flexibility index (Phi) is 4.87. The van der Waals surface area contributed by atoms with Crippen LogP contribution in [0.2, 0.25) is 0 Å². The van der Waals surface area contributed by atoms with Gasteiger partial charge in [0.2, 0.25) is 0 Å². The van der Waals surface area contributed by atoms with Gasteiger partial charge in [0.25, 0.3) is 11.8 Å². The van der Waals surface area contributed by atoms with Crippen molar-refractivity contribution in [2.45, 2.75) is 18.9 Å². The van der Waals surface area contributed by atoms with Crippen LogP contribution in [0.5, 0.6) is 0 Å². The van der Waals surface area contributed by atoms with Crippen LogP contribution in [0, 0.1) is 0 Å². The molecule has 0 aliphatic carbocycles. The van der Waals surface area contributed by atoms with E-state index >= 15 is 0 Å². The molecule has 1 N–H and O–H groups in total. The molecule has 4 heteroatoms. The first kappa shape index (κ1) is 16.1. The summed E-state index contributed by atoms with van der Waals surface area (Å²) in [6.45, 7) is 4.76. The van der Waals surface area contributed by atoms with Crippen molar-refractivity contribution in [3.8, 4) is 0 Å². The third-order valence-electron chi connectivity index (χ3n) is 4.12. The zero-order chi connectivity index (χ0) is 16.9. The van der Waals surface area contributed by atoms with E-state index in [9.17, 15) is 9.59 Å². The second-order valence-corrected chi connectivity index (χ2v) is 5.78. The van der Waals surface area contributed by atoms with Gasteiger partial charge >= 0.3 is 0 Å². The Morgan fingerprint density at radius 1 is 1.04 bits per heavy atom. The minimum absolute atomic E-state index is 0.0159. The van der Waals surface area contributed by atoms with Crippen LogP contribution in [0.25, 0.3) is 0 Å². The van der Waals surface area contributed by atoms with Crippen molar-refractivity contribution in [2.75, 3.05) is 6.61 Å². The Labute approximate surface area is 141 Å². The molecule has 122 valence electrons. The van der Waals surface area contributed by atoms with Crippen LogP contribution in [0.4, 0.5) is 0 Å². The van der Waals surface area contributed by atoms with Crippen LogP contribution < -0.4 is 5.32 Å². The molecule has 0 spiro atoms. The number of imide groups is 1. The average Bonchev–Trinajstić information content (AvgIpc) is 2.90. The lowest BCUT2D eigenvalue weighted by Crippen LogP contribution is -2.21. The maximum Gasteiger partial charge on any atom is 0.259 e. The van der Waals surface area contributed by atoms with Crippen LogP contribution in [-0.4, -0.2) is 18.4 Å². The molecule has 24 heavy (non-hydrogen) atoms. The fraction of sp³-hybridized carbons (Fsp3) is 0.200. The van der Waals surface area contributed by atoms with E-state index in [0.717, 1.165) is 11.1 Å². The number of amides is 2. The minimum atomic E-state index is -0.334. The van der Waals surface area contributed by atoms with Crippen LogP contribution >= 0.6 is 0 Å². The standard InChI is InChI=1S/C20H19NO3/c1-2-7-15(13-24-12-14-8-4-3-5-9-14)16-10-6-11-17-18(16)20(23)21-19(17)22/h2-6,8-11,15H,1,7,12-13H2,(H,21,22,23)/t15-/m1/s1. The van der Waals surface area contributed by atoms with Gasteiger partial charge in [-0.2, -0.15) is 0 Å². The Balaban J connectivity index is 1.78. The molecule has 0 fully saturated rings. The van der Waals surface area contributed by atoms with Crippen LogP contribution in [0.3, 0.4) is 0 Å².